The Kier molecular flexibility index (Phi) is 9.85. The Morgan fingerprint density at radius 2 is 0.456 bits per heavy atom. The van der Waals surface area contributed by atoms with Gasteiger partial charge in [0.25, 0.3) is 0 Å². The van der Waals surface area contributed by atoms with Gasteiger partial charge in [0, 0.05) is 34.1 Å². The molecule has 0 radical (unpaired) electrons. The van der Waals surface area contributed by atoms with E-state index in [1.807, 2.05) is 0 Å². The second-order valence-corrected chi connectivity index (χ2v) is 22.2. The first-order chi connectivity index (χ1) is 38.9. The molecular formula is C77H54N2. The molecule has 0 bridgehead atoms. The highest BCUT2D eigenvalue weighted by molar-refractivity contribution is 5.99. The normalized spacial score (nSPS) is 14.9. The predicted molar refractivity (Wildman–Crippen MR) is 328 cm³/mol. The first-order valence-electron chi connectivity index (χ1n) is 27.7. The summed E-state index contributed by atoms with van der Waals surface area (Å²) in [5.74, 6) is 0. The average molecular weight is 1010 g/mol. The van der Waals surface area contributed by atoms with Crippen LogP contribution in [0.1, 0.15) is 61.2 Å². The zero-order valence-corrected chi connectivity index (χ0v) is 44.4. The third-order valence-electron chi connectivity index (χ3n) is 17.8. The van der Waals surface area contributed by atoms with Crippen LogP contribution in [-0.4, -0.2) is 0 Å². The summed E-state index contributed by atoms with van der Waals surface area (Å²) < 4.78 is 0. The fraction of sp³-hybridized carbons (Fsp3) is 0.0649. The van der Waals surface area contributed by atoms with E-state index >= 15 is 0 Å². The largest absolute Gasteiger partial charge is 0.310 e. The molecule has 2 nitrogen and oxygen atoms in total. The minimum Gasteiger partial charge on any atom is -0.310 e. The summed E-state index contributed by atoms with van der Waals surface area (Å²) >= 11 is 0. The number of nitrogens with zero attached hydrogens (tertiary/aromatic N) is 2. The molecule has 12 aromatic rings. The molecule has 0 amide bonds. The summed E-state index contributed by atoms with van der Waals surface area (Å²) in [6.07, 6.45) is 0. The smallest absolute Gasteiger partial charge is 0.0726 e. The molecule has 12 aromatic carbocycles. The lowest BCUT2D eigenvalue weighted by molar-refractivity contribution is 0.791. The second-order valence-electron chi connectivity index (χ2n) is 22.2. The fourth-order valence-electron chi connectivity index (χ4n) is 14.6. The topological polar surface area (TPSA) is 6.48 Å². The van der Waals surface area contributed by atoms with Gasteiger partial charge >= 0.3 is 0 Å². The number of hydrogen-bond acceptors (Lipinski definition) is 2. The van der Waals surface area contributed by atoms with Gasteiger partial charge in [0.2, 0.25) is 0 Å². The Labute approximate surface area is 462 Å². The van der Waals surface area contributed by atoms with E-state index in [2.05, 4.69) is 304 Å². The van der Waals surface area contributed by atoms with Gasteiger partial charge in [0.15, 0.2) is 0 Å². The van der Waals surface area contributed by atoms with E-state index in [0.29, 0.717) is 0 Å². The molecule has 0 aromatic heterocycles. The first kappa shape index (κ1) is 45.4. The fourth-order valence-corrected chi connectivity index (χ4v) is 14.6. The van der Waals surface area contributed by atoms with Crippen LogP contribution in [0.4, 0.5) is 34.1 Å². The summed E-state index contributed by atoms with van der Waals surface area (Å²) in [5, 5.41) is 0. The monoisotopic (exact) mass is 1010 g/mol. The molecule has 79 heavy (non-hydrogen) atoms. The third-order valence-corrected chi connectivity index (χ3v) is 17.8. The van der Waals surface area contributed by atoms with Crippen LogP contribution >= 0.6 is 0 Å². The number of anilines is 6. The van der Waals surface area contributed by atoms with E-state index in [9.17, 15) is 0 Å². The van der Waals surface area contributed by atoms with Crippen LogP contribution in [0, 0.1) is 20.8 Å². The van der Waals surface area contributed by atoms with E-state index in [1.165, 1.54) is 106 Å². The minimum atomic E-state index is -0.443. The van der Waals surface area contributed by atoms with Gasteiger partial charge in [-0.25, -0.2) is 0 Å². The van der Waals surface area contributed by atoms with Crippen LogP contribution in [0.25, 0.3) is 55.6 Å². The van der Waals surface area contributed by atoms with E-state index in [0.717, 1.165) is 45.3 Å². The molecule has 0 heterocycles. The molecule has 4 aliphatic rings. The molecule has 16 rings (SSSR count). The van der Waals surface area contributed by atoms with Gasteiger partial charge in [-0.05, 0) is 194 Å². The van der Waals surface area contributed by atoms with E-state index in [-0.39, 0.29) is 0 Å². The van der Waals surface area contributed by atoms with Crippen molar-refractivity contribution in [1.29, 1.82) is 0 Å². The molecular weight excluding hydrogens is 953 g/mol. The Bertz CT molecular complexity index is 4390. The van der Waals surface area contributed by atoms with Crippen LogP contribution in [0.15, 0.2) is 273 Å². The summed E-state index contributed by atoms with van der Waals surface area (Å²) in [7, 11) is 0. The molecule has 0 fully saturated rings. The molecule has 1 unspecified atom stereocenters. The number of para-hydroxylation sites is 2. The zero-order valence-electron chi connectivity index (χ0n) is 44.4. The van der Waals surface area contributed by atoms with Gasteiger partial charge < -0.3 is 9.80 Å². The predicted octanol–water partition coefficient (Wildman–Crippen LogP) is 19.9. The van der Waals surface area contributed by atoms with E-state index in [1.54, 1.807) is 0 Å². The van der Waals surface area contributed by atoms with Crippen molar-refractivity contribution in [3.8, 4) is 55.6 Å². The van der Waals surface area contributed by atoms with E-state index < -0.39 is 10.8 Å². The molecule has 2 spiro atoms. The van der Waals surface area contributed by atoms with E-state index in [4.69, 9.17) is 0 Å². The molecule has 0 aliphatic heterocycles. The van der Waals surface area contributed by atoms with Crippen LogP contribution in [-0.2, 0) is 10.8 Å². The van der Waals surface area contributed by atoms with Gasteiger partial charge in [0.05, 0.1) is 10.8 Å². The highest BCUT2D eigenvalue weighted by atomic mass is 15.1. The van der Waals surface area contributed by atoms with Gasteiger partial charge in [-0.1, -0.05) is 217 Å². The molecule has 1 atom stereocenters. The maximum absolute atomic E-state index is 2.49. The Morgan fingerprint density at radius 3 is 0.810 bits per heavy atom. The number of aryl methyl sites for hydroxylation is 3. The summed E-state index contributed by atoms with van der Waals surface area (Å²) in [6.45, 7) is 6.68. The number of rotatable bonds is 7. The first-order valence-corrected chi connectivity index (χ1v) is 27.7. The van der Waals surface area contributed by atoms with Crippen LogP contribution < -0.4 is 9.80 Å². The highest BCUT2D eigenvalue weighted by Crippen LogP contribution is 2.65. The summed E-state index contributed by atoms with van der Waals surface area (Å²) in [5.41, 5.74) is 33.3. The highest BCUT2D eigenvalue weighted by Gasteiger charge is 2.53. The van der Waals surface area contributed by atoms with Crippen molar-refractivity contribution in [2.75, 3.05) is 9.80 Å². The number of hydrogen-bond donors (Lipinski definition) is 0. The third kappa shape index (κ3) is 6.40. The lowest BCUT2D eigenvalue weighted by atomic mass is 9.70. The van der Waals surface area contributed by atoms with Crippen molar-refractivity contribution < 1.29 is 0 Å². The van der Waals surface area contributed by atoms with Crippen molar-refractivity contribution in [2.45, 2.75) is 31.6 Å². The Morgan fingerprint density at radius 1 is 0.203 bits per heavy atom. The van der Waals surface area contributed by atoms with Gasteiger partial charge in [0.1, 0.15) is 0 Å². The average Bonchev–Trinajstić information content (AvgIpc) is 3.05. The Hall–Kier alpha value is -9.76. The second kappa shape index (κ2) is 17.1. The molecule has 2 heteroatoms. The summed E-state index contributed by atoms with van der Waals surface area (Å²) in [4.78, 5) is 4.85. The van der Waals surface area contributed by atoms with Gasteiger partial charge in [-0.15, -0.1) is 0 Å². The Balaban J connectivity index is 0.784. The van der Waals surface area contributed by atoms with Crippen molar-refractivity contribution in [3.63, 3.8) is 0 Å². The van der Waals surface area contributed by atoms with Gasteiger partial charge in [-0.3, -0.25) is 0 Å². The van der Waals surface area contributed by atoms with Crippen molar-refractivity contribution >= 4 is 34.1 Å². The zero-order chi connectivity index (χ0) is 52.6. The molecule has 372 valence electrons. The van der Waals surface area contributed by atoms with Crippen molar-refractivity contribution in [1.82, 2.24) is 0 Å². The minimum absolute atomic E-state index is 0.435. The lowest BCUT2D eigenvalue weighted by Crippen LogP contribution is -2.26. The molecule has 0 saturated heterocycles. The standard InChI is InChI=1S/C77H54N2/c1-49-26-39-63-60-20-10-13-23-68(60)76(71(63)44-49)69-24-14-11-21-61(69)66-42-37-58(47-74(66)76)78(54-16-6-4-7-17-54)56-33-29-52(30-34-56)53-31-35-57(36-32-53)79(55-18-8-5-9-19-55)59-38-43-67-62-22-12-15-25-70(62)77(75(67)48-59)72-45-50(2)27-40-64(72)65-41-28-51(3)46-73(65)77/h4-48H,1-3H3. The number of fused-ring (bicyclic) bond motifs is 20. The van der Waals surface area contributed by atoms with Gasteiger partial charge in [-0.2, -0.15) is 0 Å². The van der Waals surface area contributed by atoms with Crippen LogP contribution in [0.2, 0.25) is 0 Å². The SMILES string of the molecule is Cc1ccc2c(c1)C1(c3ccccc3-2)c2ccccc2-c2ccc(N(c3ccccc3)c3ccc(-c4ccc(N(c5ccccc5)c5ccc6c(c5)C5(c7ccccc7-6)c6cc(C)ccc6-c6ccc(C)cc65)cc4)cc3)cc21. The van der Waals surface area contributed by atoms with Crippen molar-refractivity contribution in [2.24, 2.45) is 0 Å². The molecule has 0 N–H and O–H groups in total. The van der Waals surface area contributed by atoms with Crippen LogP contribution in [0.5, 0.6) is 0 Å². The lowest BCUT2D eigenvalue weighted by Gasteiger charge is -2.32. The maximum atomic E-state index is 2.49. The molecule has 0 saturated carbocycles. The number of benzene rings is 12. The van der Waals surface area contributed by atoms with Crippen LogP contribution in [0.3, 0.4) is 0 Å². The quantitative estimate of drug-likeness (QED) is 0.157. The molecule has 4 aliphatic carbocycles. The van der Waals surface area contributed by atoms with Crippen molar-refractivity contribution in [3.05, 3.63) is 334 Å². The summed E-state index contributed by atoms with van der Waals surface area (Å²) in [6, 6.07) is 103. The maximum Gasteiger partial charge on any atom is 0.0726 e.